The lowest BCUT2D eigenvalue weighted by atomic mass is 9.79. The van der Waals surface area contributed by atoms with Crippen molar-refractivity contribution in [2.45, 2.75) is 46.5 Å². The highest BCUT2D eigenvalue weighted by molar-refractivity contribution is 14.0. The number of nitrogens with zero attached hydrogens (tertiary/aromatic N) is 1. The Labute approximate surface area is 184 Å². The molecule has 0 aliphatic carbocycles. The van der Waals surface area contributed by atoms with Crippen molar-refractivity contribution < 1.29 is 9.50 Å². The summed E-state index contributed by atoms with van der Waals surface area (Å²) in [6.07, 6.45) is 5.47. The molecular weight excluding hydrogens is 470 g/mol. The molecule has 1 heterocycles. The zero-order valence-electron chi connectivity index (χ0n) is 17.1. The molecule has 0 aliphatic heterocycles. The van der Waals surface area contributed by atoms with Crippen molar-refractivity contribution >= 4 is 40.8 Å². The molecule has 7 heteroatoms. The molecule has 1 aromatic heterocycles. The normalized spacial score (nSPS) is 12.1. The Morgan fingerprint density at radius 2 is 1.96 bits per heavy atom. The van der Waals surface area contributed by atoms with Crippen molar-refractivity contribution in [2.24, 2.45) is 10.4 Å². The predicted octanol–water partition coefficient (Wildman–Crippen LogP) is 4.21. The summed E-state index contributed by atoms with van der Waals surface area (Å²) in [4.78, 5) is 7.95. The van der Waals surface area contributed by atoms with E-state index in [9.17, 15) is 9.50 Å². The van der Waals surface area contributed by atoms with Gasteiger partial charge in [-0.05, 0) is 61.8 Å². The van der Waals surface area contributed by atoms with Gasteiger partial charge >= 0.3 is 0 Å². The van der Waals surface area contributed by atoms with Crippen LogP contribution in [0.4, 0.5) is 4.39 Å². The molecule has 0 saturated heterocycles. The van der Waals surface area contributed by atoms with Gasteiger partial charge in [-0.25, -0.2) is 4.39 Å². The highest BCUT2D eigenvalue weighted by atomic mass is 127. The Bertz CT molecular complexity index is 743. The Hall–Kier alpha value is -1.35. The number of hydrogen-bond donors (Lipinski definition) is 4. The van der Waals surface area contributed by atoms with Crippen molar-refractivity contribution in [3.8, 4) is 0 Å². The fraction of sp³-hybridized carbons (Fsp3) is 0.571. The molecule has 0 spiro atoms. The van der Waals surface area contributed by atoms with E-state index in [2.05, 4.69) is 29.5 Å². The third-order valence-electron chi connectivity index (χ3n) is 5.48. The van der Waals surface area contributed by atoms with E-state index in [1.54, 1.807) is 12.1 Å². The van der Waals surface area contributed by atoms with Gasteiger partial charge in [0.15, 0.2) is 5.96 Å². The van der Waals surface area contributed by atoms with E-state index in [0.29, 0.717) is 13.1 Å². The van der Waals surface area contributed by atoms with Crippen LogP contribution >= 0.6 is 24.0 Å². The van der Waals surface area contributed by atoms with Crippen LogP contribution in [0.3, 0.4) is 0 Å². The smallest absolute Gasteiger partial charge is 0.191 e. The summed E-state index contributed by atoms with van der Waals surface area (Å²) < 4.78 is 13.5. The quantitative estimate of drug-likeness (QED) is 0.223. The number of fused-ring (bicyclic) bond motifs is 1. The third-order valence-corrected chi connectivity index (χ3v) is 5.48. The SMILES string of the molecule is CCNC(=NCC(CC)(CC)CCO)NCCc1c[nH]c2ccc(F)cc12.I. The van der Waals surface area contributed by atoms with E-state index in [1.165, 1.54) is 6.07 Å². The number of H-pyrrole nitrogens is 1. The number of aromatic amines is 1. The Morgan fingerprint density at radius 3 is 2.61 bits per heavy atom. The second-order valence-corrected chi connectivity index (χ2v) is 7.06. The first-order valence-electron chi connectivity index (χ1n) is 9.96. The zero-order chi connectivity index (χ0) is 19.7. The Kier molecular flexibility index (Phi) is 10.8. The van der Waals surface area contributed by atoms with Crippen molar-refractivity contribution in [1.29, 1.82) is 0 Å². The van der Waals surface area contributed by atoms with Gasteiger partial charge in [0.2, 0.25) is 0 Å². The number of rotatable bonds is 10. The average molecular weight is 504 g/mol. The molecule has 0 fully saturated rings. The van der Waals surface area contributed by atoms with Gasteiger partial charge in [-0.3, -0.25) is 4.99 Å². The van der Waals surface area contributed by atoms with Gasteiger partial charge in [0.05, 0.1) is 0 Å². The maximum Gasteiger partial charge on any atom is 0.191 e. The molecule has 0 unspecified atom stereocenters. The van der Waals surface area contributed by atoms with Crippen LogP contribution in [0.5, 0.6) is 0 Å². The lowest BCUT2D eigenvalue weighted by Crippen LogP contribution is -2.39. The first-order chi connectivity index (χ1) is 13.1. The molecule has 1 aromatic carbocycles. The van der Waals surface area contributed by atoms with Gasteiger partial charge in [0.1, 0.15) is 5.82 Å². The number of hydrogen-bond acceptors (Lipinski definition) is 2. The van der Waals surface area contributed by atoms with Gasteiger partial charge < -0.3 is 20.7 Å². The summed E-state index contributed by atoms with van der Waals surface area (Å²) in [7, 11) is 0. The first kappa shape index (κ1) is 24.7. The van der Waals surface area contributed by atoms with Gasteiger partial charge in [0, 0.05) is 43.3 Å². The molecule has 0 bridgehead atoms. The molecule has 0 atom stereocenters. The van der Waals surface area contributed by atoms with E-state index < -0.39 is 0 Å². The average Bonchev–Trinajstić information content (AvgIpc) is 3.07. The van der Waals surface area contributed by atoms with Gasteiger partial charge in [0.25, 0.3) is 0 Å². The number of benzene rings is 1. The first-order valence-corrected chi connectivity index (χ1v) is 9.96. The molecular formula is C21H34FIN4O. The Morgan fingerprint density at radius 1 is 1.21 bits per heavy atom. The van der Waals surface area contributed by atoms with E-state index in [1.807, 2.05) is 13.1 Å². The lowest BCUT2D eigenvalue weighted by molar-refractivity contribution is 0.175. The molecule has 28 heavy (non-hydrogen) atoms. The van der Waals surface area contributed by atoms with Crippen molar-refractivity contribution in [3.05, 3.63) is 35.8 Å². The van der Waals surface area contributed by atoms with Gasteiger partial charge in [-0.2, -0.15) is 0 Å². The minimum absolute atomic E-state index is 0. The Balaban J connectivity index is 0.00000392. The standard InChI is InChI=1S/C21H33FN4O.HI/c1-4-21(5-2,10-12-27)15-26-20(23-6-3)24-11-9-16-14-25-19-8-7-17(22)13-18(16)19;/h7-8,13-14,25,27H,4-6,9-12,15H2,1-3H3,(H2,23,24,26);1H. The molecule has 2 aromatic rings. The second kappa shape index (κ2) is 12.3. The zero-order valence-corrected chi connectivity index (χ0v) is 19.5. The number of halogens is 2. The number of guanidine groups is 1. The summed E-state index contributed by atoms with van der Waals surface area (Å²) in [5.74, 6) is 0.568. The summed E-state index contributed by atoms with van der Waals surface area (Å²) in [5.41, 5.74) is 2.09. The number of aliphatic hydroxyl groups excluding tert-OH is 1. The van der Waals surface area contributed by atoms with Gasteiger partial charge in [-0.1, -0.05) is 13.8 Å². The topological polar surface area (TPSA) is 72.4 Å². The highest BCUT2D eigenvalue weighted by Gasteiger charge is 2.25. The molecule has 4 N–H and O–H groups in total. The van der Waals surface area contributed by atoms with E-state index in [0.717, 1.165) is 54.7 Å². The predicted molar refractivity (Wildman–Crippen MR) is 126 cm³/mol. The maximum atomic E-state index is 13.5. The summed E-state index contributed by atoms with van der Waals surface area (Å²) >= 11 is 0. The molecule has 0 saturated carbocycles. The second-order valence-electron chi connectivity index (χ2n) is 7.06. The number of nitrogens with one attached hydrogen (secondary N) is 3. The number of aliphatic hydroxyl groups is 1. The van der Waals surface area contributed by atoms with Crippen LogP contribution in [0.15, 0.2) is 29.4 Å². The van der Waals surface area contributed by atoms with Crippen molar-refractivity contribution in [2.75, 3.05) is 26.2 Å². The van der Waals surface area contributed by atoms with Crippen LogP contribution in [0.2, 0.25) is 0 Å². The summed E-state index contributed by atoms with van der Waals surface area (Å²) in [5, 5.41) is 17.0. The minimum atomic E-state index is -0.217. The molecule has 158 valence electrons. The molecule has 2 rings (SSSR count). The van der Waals surface area contributed by atoms with Crippen LogP contribution < -0.4 is 10.6 Å². The summed E-state index contributed by atoms with van der Waals surface area (Å²) in [6.45, 7) is 8.74. The van der Waals surface area contributed by atoms with Crippen LogP contribution in [0.1, 0.15) is 45.6 Å². The molecule has 0 radical (unpaired) electrons. The van der Waals surface area contributed by atoms with Crippen LogP contribution in [-0.4, -0.2) is 42.3 Å². The fourth-order valence-electron chi connectivity index (χ4n) is 3.40. The largest absolute Gasteiger partial charge is 0.396 e. The van der Waals surface area contributed by atoms with Crippen molar-refractivity contribution in [3.63, 3.8) is 0 Å². The third kappa shape index (κ3) is 6.62. The number of aliphatic imine (C=N–C) groups is 1. The van der Waals surface area contributed by atoms with Crippen LogP contribution in [-0.2, 0) is 6.42 Å². The van der Waals surface area contributed by atoms with E-state index >= 15 is 0 Å². The van der Waals surface area contributed by atoms with Crippen LogP contribution in [0.25, 0.3) is 10.9 Å². The lowest BCUT2D eigenvalue weighted by Gasteiger charge is -2.29. The van der Waals surface area contributed by atoms with E-state index in [4.69, 9.17) is 4.99 Å². The van der Waals surface area contributed by atoms with Crippen LogP contribution in [0, 0.1) is 11.2 Å². The summed E-state index contributed by atoms with van der Waals surface area (Å²) in [6, 6.07) is 4.81. The molecule has 0 amide bonds. The molecule has 0 aliphatic rings. The fourth-order valence-corrected chi connectivity index (χ4v) is 3.40. The highest BCUT2D eigenvalue weighted by Crippen LogP contribution is 2.30. The molecule has 5 nitrogen and oxygen atoms in total. The minimum Gasteiger partial charge on any atom is -0.396 e. The number of aromatic nitrogens is 1. The monoisotopic (exact) mass is 504 g/mol. The maximum absolute atomic E-state index is 13.5. The van der Waals surface area contributed by atoms with Crippen molar-refractivity contribution in [1.82, 2.24) is 15.6 Å². The van der Waals surface area contributed by atoms with Gasteiger partial charge in [-0.15, -0.1) is 24.0 Å². The van der Waals surface area contributed by atoms with E-state index in [-0.39, 0.29) is 41.8 Å².